The highest BCUT2D eigenvalue weighted by atomic mass is 28.4. The van der Waals surface area contributed by atoms with Crippen molar-refractivity contribution in [2.45, 2.75) is 134 Å². The predicted octanol–water partition coefficient (Wildman–Crippen LogP) is 6.43. The molecule has 0 saturated carbocycles. The Morgan fingerprint density at radius 3 is 2.46 bits per heavy atom. The van der Waals surface area contributed by atoms with E-state index >= 15 is 0 Å². The normalized spacial score (nSPS) is 32.7. The smallest absolute Gasteiger partial charge is 0.191 e. The van der Waals surface area contributed by atoms with Crippen LogP contribution in [0.2, 0.25) is 18.1 Å². The summed E-state index contributed by atoms with van der Waals surface area (Å²) < 4.78 is 37.2. The van der Waals surface area contributed by atoms with Gasteiger partial charge >= 0.3 is 0 Å². The van der Waals surface area contributed by atoms with Crippen LogP contribution in [-0.4, -0.2) is 64.1 Å². The van der Waals surface area contributed by atoms with Gasteiger partial charge in [-0.05, 0) is 62.0 Å². The molecule has 7 nitrogen and oxygen atoms in total. The van der Waals surface area contributed by atoms with Crippen molar-refractivity contribution in [2.75, 3.05) is 13.7 Å². The number of carbonyl (C=O) groups excluding carboxylic acids is 1. The Balaban J connectivity index is 1.26. The van der Waals surface area contributed by atoms with Gasteiger partial charge in [0.15, 0.2) is 14.1 Å². The summed E-state index contributed by atoms with van der Waals surface area (Å²) in [5.41, 5.74) is 0.565. The van der Waals surface area contributed by atoms with Crippen molar-refractivity contribution in [3.63, 3.8) is 0 Å². The van der Waals surface area contributed by atoms with Gasteiger partial charge in [-0.15, -0.1) is 0 Å². The van der Waals surface area contributed by atoms with Crippen LogP contribution in [0.15, 0.2) is 24.3 Å². The third-order valence-electron chi connectivity index (χ3n) is 9.40. The molecule has 3 aliphatic heterocycles. The minimum absolute atomic E-state index is 0.0265. The van der Waals surface area contributed by atoms with Crippen LogP contribution in [-0.2, 0) is 34.8 Å². The molecule has 3 heterocycles. The number of carbonyl (C=O) groups is 1. The van der Waals surface area contributed by atoms with Gasteiger partial charge in [-0.2, -0.15) is 0 Å². The lowest BCUT2D eigenvalue weighted by Crippen LogP contribution is -2.46. The summed E-state index contributed by atoms with van der Waals surface area (Å²) >= 11 is 0. The van der Waals surface area contributed by atoms with E-state index < -0.39 is 25.8 Å². The third kappa shape index (κ3) is 7.32. The van der Waals surface area contributed by atoms with Gasteiger partial charge in [-0.1, -0.05) is 39.8 Å². The topological polar surface area (TPSA) is 75.8 Å². The van der Waals surface area contributed by atoms with Crippen LogP contribution in [0.5, 0.6) is 5.75 Å². The second kappa shape index (κ2) is 11.9. The maximum Gasteiger partial charge on any atom is 0.191 e. The Morgan fingerprint density at radius 2 is 1.82 bits per heavy atom. The van der Waals surface area contributed by atoms with E-state index in [0.29, 0.717) is 18.9 Å². The molecule has 0 aromatic heterocycles. The summed E-state index contributed by atoms with van der Waals surface area (Å²) in [4.78, 5) is 11.8. The van der Waals surface area contributed by atoms with Crippen molar-refractivity contribution in [1.82, 2.24) is 0 Å². The molecule has 1 spiro atoms. The molecule has 8 heteroatoms. The first kappa shape index (κ1) is 30.7. The van der Waals surface area contributed by atoms with Crippen LogP contribution in [0.4, 0.5) is 0 Å². The van der Waals surface area contributed by atoms with E-state index in [1.807, 2.05) is 24.3 Å². The summed E-state index contributed by atoms with van der Waals surface area (Å²) in [6.45, 7) is 16.8. The molecular formula is C31H50O7Si. The fourth-order valence-electron chi connectivity index (χ4n) is 5.63. The fourth-order valence-corrected chi connectivity index (χ4v) is 6.74. The standard InChI is InChI=1S/C31H50O7Si/c1-22(20-35-39(7,8)29(2,3)4)26-10-9-16-31(36-26)17-15-27(37-31)28-30(5,38-28)18-25(19-32)34-21-23-11-13-24(33-6)14-12-23/h11-14,19,22,25-28H,9-10,15-18,20-21H2,1-8H3/t22-,25?,26-,27-,28-,30-,31-/m0/s1. The lowest BCUT2D eigenvalue weighted by atomic mass is 9.92. The molecule has 0 amide bonds. The summed E-state index contributed by atoms with van der Waals surface area (Å²) in [6, 6.07) is 7.68. The van der Waals surface area contributed by atoms with Gasteiger partial charge in [-0.3, -0.25) is 0 Å². The van der Waals surface area contributed by atoms with Crippen molar-refractivity contribution in [1.29, 1.82) is 0 Å². The second-order valence-corrected chi connectivity index (χ2v) is 18.4. The number of hydrogen-bond donors (Lipinski definition) is 0. The largest absolute Gasteiger partial charge is 0.497 e. The molecule has 0 N–H and O–H groups in total. The number of aldehydes is 1. The third-order valence-corrected chi connectivity index (χ3v) is 13.9. The second-order valence-electron chi connectivity index (χ2n) is 13.6. The first-order valence-corrected chi connectivity index (χ1v) is 17.6. The average molecular weight is 563 g/mol. The molecule has 0 bridgehead atoms. The van der Waals surface area contributed by atoms with E-state index in [2.05, 4.69) is 47.7 Å². The molecular weight excluding hydrogens is 512 g/mol. The molecule has 3 aliphatic rings. The Bertz CT molecular complexity index is 961. The molecule has 7 atom stereocenters. The van der Waals surface area contributed by atoms with E-state index in [-0.39, 0.29) is 23.4 Å². The molecule has 0 aliphatic carbocycles. The highest BCUT2D eigenvalue weighted by molar-refractivity contribution is 6.74. The Morgan fingerprint density at radius 1 is 1.10 bits per heavy atom. The lowest BCUT2D eigenvalue weighted by molar-refractivity contribution is -0.280. The molecule has 3 fully saturated rings. The molecule has 4 rings (SSSR count). The van der Waals surface area contributed by atoms with Gasteiger partial charge in [0.1, 0.15) is 24.2 Å². The highest BCUT2D eigenvalue weighted by Gasteiger charge is 2.61. The van der Waals surface area contributed by atoms with Crippen LogP contribution in [0.3, 0.4) is 0 Å². The van der Waals surface area contributed by atoms with Crippen LogP contribution in [0.25, 0.3) is 0 Å². The van der Waals surface area contributed by atoms with Gasteiger partial charge in [-0.25, -0.2) is 0 Å². The number of epoxide rings is 1. The van der Waals surface area contributed by atoms with Crippen molar-refractivity contribution >= 4 is 14.6 Å². The predicted molar refractivity (Wildman–Crippen MR) is 153 cm³/mol. The van der Waals surface area contributed by atoms with Crippen molar-refractivity contribution in [3.05, 3.63) is 29.8 Å². The summed E-state index contributed by atoms with van der Waals surface area (Å²) in [5, 5.41) is 0.198. The van der Waals surface area contributed by atoms with E-state index in [0.717, 1.165) is 56.3 Å². The first-order chi connectivity index (χ1) is 18.3. The molecule has 1 aromatic carbocycles. The highest BCUT2D eigenvalue weighted by Crippen LogP contribution is 2.51. The maximum atomic E-state index is 11.8. The van der Waals surface area contributed by atoms with E-state index in [1.165, 1.54) is 0 Å². The summed E-state index contributed by atoms with van der Waals surface area (Å²) in [6.07, 6.45) is 5.76. The Hall–Kier alpha value is -1.29. The average Bonchev–Trinajstić information content (AvgIpc) is 3.41. The maximum absolute atomic E-state index is 11.8. The zero-order chi connectivity index (χ0) is 28.5. The number of ether oxygens (including phenoxy) is 5. The van der Waals surface area contributed by atoms with E-state index in [1.54, 1.807) is 7.11 Å². The molecule has 220 valence electrons. The van der Waals surface area contributed by atoms with Crippen LogP contribution in [0, 0.1) is 5.92 Å². The minimum Gasteiger partial charge on any atom is -0.497 e. The van der Waals surface area contributed by atoms with E-state index in [4.69, 9.17) is 28.1 Å². The van der Waals surface area contributed by atoms with E-state index in [9.17, 15) is 4.79 Å². The molecule has 39 heavy (non-hydrogen) atoms. The summed E-state index contributed by atoms with van der Waals surface area (Å²) in [7, 11) is -0.154. The van der Waals surface area contributed by atoms with Gasteiger partial charge in [0.2, 0.25) is 0 Å². The molecule has 3 saturated heterocycles. The number of benzene rings is 1. The number of rotatable bonds is 12. The SMILES string of the molecule is COc1ccc(COC(C=O)C[C@]2(C)O[C@H]2[C@@H]2CC[C@]3(CCC[C@@H]([C@@H](C)CO[Si](C)(C)C(C)(C)C)O3)O2)cc1. The van der Waals surface area contributed by atoms with Crippen LogP contribution < -0.4 is 4.74 Å². The monoisotopic (exact) mass is 562 g/mol. The van der Waals surface area contributed by atoms with Crippen molar-refractivity contribution in [3.8, 4) is 5.75 Å². The Kier molecular flexibility index (Phi) is 9.36. The van der Waals surface area contributed by atoms with Gasteiger partial charge in [0, 0.05) is 31.8 Å². The summed E-state index contributed by atoms with van der Waals surface area (Å²) in [5.74, 6) is 0.585. The first-order valence-electron chi connectivity index (χ1n) is 14.7. The Labute approximate surface area is 236 Å². The molecule has 1 unspecified atom stereocenters. The molecule has 0 radical (unpaired) electrons. The van der Waals surface area contributed by atoms with Gasteiger partial charge in [0.25, 0.3) is 0 Å². The van der Waals surface area contributed by atoms with Crippen LogP contribution in [0.1, 0.15) is 78.7 Å². The zero-order valence-corrected chi connectivity index (χ0v) is 26.3. The molecule has 1 aromatic rings. The number of methoxy groups -OCH3 is 1. The van der Waals surface area contributed by atoms with Crippen molar-refractivity contribution < 1.29 is 32.9 Å². The number of hydrogen-bond acceptors (Lipinski definition) is 7. The fraction of sp³-hybridized carbons (Fsp3) is 0.774. The van der Waals surface area contributed by atoms with Gasteiger partial charge in [0.05, 0.1) is 31.5 Å². The minimum atomic E-state index is -1.79. The quantitative estimate of drug-likeness (QED) is 0.165. The van der Waals surface area contributed by atoms with Crippen LogP contribution >= 0.6 is 0 Å². The van der Waals surface area contributed by atoms with Gasteiger partial charge < -0.3 is 32.9 Å². The van der Waals surface area contributed by atoms with Crippen molar-refractivity contribution in [2.24, 2.45) is 5.92 Å². The lowest BCUT2D eigenvalue weighted by Gasteiger charge is -2.42. The zero-order valence-electron chi connectivity index (χ0n) is 25.3.